The second-order valence-electron chi connectivity index (χ2n) is 21.3. The smallest absolute Gasteiger partial charge is 0.269 e. The SMILES string of the molecule is CCOc1ccc(C[C@@H](NC(=O)Cc2ccc([N+](=O)[O-])cc2)C(=O)N[C@@H](Cc2ccccc2)C(=O)N[C@H](C(=O)N[C@@H](CC(N)=O)C(=O)N[C@@H](CC)C(=O)N2CCC[C@H]2C(=O)N[C@@H](CCCN=C(N)N)C(=O)N[C@@H](CCCN=C(N)N)C(N)=O)C(C)C)cc1. The van der Waals surface area contributed by atoms with Crippen molar-refractivity contribution in [2.45, 2.75) is 147 Å². The van der Waals surface area contributed by atoms with Gasteiger partial charge in [0.05, 0.1) is 24.4 Å². The minimum atomic E-state index is -1.70. The summed E-state index contributed by atoms with van der Waals surface area (Å²) in [5, 5.41) is 29.8. The third-order valence-corrected chi connectivity index (χ3v) is 14.1. The Morgan fingerprint density at radius 3 is 1.67 bits per heavy atom. The van der Waals surface area contributed by atoms with E-state index < -0.39 is 125 Å². The molecule has 0 bridgehead atoms. The summed E-state index contributed by atoms with van der Waals surface area (Å²) in [5.41, 5.74) is 34.4. The second-order valence-corrected chi connectivity index (χ2v) is 21.3. The Morgan fingerprint density at radius 2 is 1.12 bits per heavy atom. The molecule has 0 aliphatic carbocycles. The number of guanidine groups is 2. The maximum absolute atomic E-state index is 14.5. The molecular weight excluding hydrogens is 1140 g/mol. The van der Waals surface area contributed by atoms with Crippen LogP contribution in [0.15, 0.2) is 88.8 Å². The minimum Gasteiger partial charge on any atom is -0.494 e. The number of nitrogens with one attached hydrogen (secondary N) is 7. The van der Waals surface area contributed by atoms with Gasteiger partial charge < -0.3 is 81.3 Å². The van der Waals surface area contributed by atoms with Crippen LogP contribution in [0.2, 0.25) is 0 Å². The quantitative estimate of drug-likeness (QED) is 0.00979. The Kier molecular flexibility index (Phi) is 28.5. The number of carbonyl (C=O) groups is 10. The fraction of sp³-hybridized carbons (Fsp3) is 0.483. The van der Waals surface area contributed by atoms with Gasteiger partial charge in [-0.2, -0.15) is 0 Å². The summed E-state index contributed by atoms with van der Waals surface area (Å²) in [6.45, 7) is 7.28. The first-order chi connectivity index (χ1) is 41.8. The topological polar surface area (TPSA) is 491 Å². The monoisotopic (exact) mass is 1230 g/mol. The fourth-order valence-corrected chi connectivity index (χ4v) is 9.51. The van der Waals surface area contributed by atoms with Crippen molar-refractivity contribution in [1.29, 1.82) is 0 Å². The van der Waals surface area contributed by atoms with Crippen molar-refractivity contribution in [2.75, 3.05) is 26.2 Å². The number of hydrogen-bond donors (Lipinski definition) is 13. The van der Waals surface area contributed by atoms with E-state index in [2.05, 4.69) is 47.2 Å². The highest BCUT2D eigenvalue weighted by atomic mass is 16.6. The van der Waals surface area contributed by atoms with Gasteiger partial charge >= 0.3 is 0 Å². The van der Waals surface area contributed by atoms with Crippen LogP contribution in [-0.4, -0.2) is 155 Å². The lowest BCUT2D eigenvalue weighted by molar-refractivity contribution is -0.384. The number of non-ortho nitro benzene ring substituents is 1. The molecule has 0 aromatic heterocycles. The molecule has 30 heteroatoms. The number of aliphatic imine (C=N–C) groups is 2. The second kappa shape index (κ2) is 35.5. The molecule has 0 saturated carbocycles. The Bertz CT molecular complexity index is 2960. The van der Waals surface area contributed by atoms with Crippen molar-refractivity contribution >= 4 is 76.7 Å². The molecule has 19 N–H and O–H groups in total. The van der Waals surface area contributed by atoms with E-state index in [1.807, 2.05) is 6.92 Å². The Morgan fingerprint density at radius 1 is 0.614 bits per heavy atom. The highest BCUT2D eigenvalue weighted by molar-refractivity contribution is 5.99. The van der Waals surface area contributed by atoms with Crippen LogP contribution in [0.1, 0.15) is 95.8 Å². The maximum atomic E-state index is 14.5. The number of nitro benzene ring substituents is 1. The molecule has 3 aromatic rings. The molecule has 0 spiro atoms. The number of nitrogens with two attached hydrogens (primary N) is 6. The molecule has 3 aromatic carbocycles. The zero-order valence-electron chi connectivity index (χ0n) is 49.9. The molecule has 88 heavy (non-hydrogen) atoms. The van der Waals surface area contributed by atoms with E-state index in [9.17, 15) is 58.1 Å². The predicted octanol–water partition coefficient (Wildman–Crippen LogP) is -2.06. The average Bonchev–Trinajstić information content (AvgIpc) is 2.46. The lowest BCUT2D eigenvalue weighted by atomic mass is 9.99. The highest BCUT2D eigenvalue weighted by Gasteiger charge is 2.40. The lowest BCUT2D eigenvalue weighted by Gasteiger charge is -2.31. The van der Waals surface area contributed by atoms with Crippen molar-refractivity contribution < 1.29 is 57.6 Å². The summed E-state index contributed by atoms with van der Waals surface area (Å²) in [4.78, 5) is 158. The van der Waals surface area contributed by atoms with Gasteiger partial charge in [-0.1, -0.05) is 75.4 Å². The van der Waals surface area contributed by atoms with Gasteiger partial charge in [0.25, 0.3) is 5.69 Å². The number of nitrogens with zero attached hydrogens (tertiary/aromatic N) is 4. The molecule has 4 rings (SSSR count). The summed E-state index contributed by atoms with van der Waals surface area (Å²) in [5.74, 6) is -8.75. The first-order valence-electron chi connectivity index (χ1n) is 28.9. The Balaban J connectivity index is 1.53. The van der Waals surface area contributed by atoms with Crippen molar-refractivity contribution in [2.24, 2.45) is 50.3 Å². The highest BCUT2D eigenvalue weighted by Crippen LogP contribution is 2.21. The number of hydrogen-bond acceptors (Lipinski definition) is 15. The summed E-state index contributed by atoms with van der Waals surface area (Å²) in [7, 11) is 0. The molecule has 8 atom stereocenters. The van der Waals surface area contributed by atoms with E-state index in [1.165, 1.54) is 29.2 Å². The zero-order valence-corrected chi connectivity index (χ0v) is 49.9. The molecule has 30 nitrogen and oxygen atoms in total. The van der Waals surface area contributed by atoms with E-state index in [0.717, 1.165) is 0 Å². The number of amides is 10. The molecule has 1 aliphatic heterocycles. The van der Waals surface area contributed by atoms with Gasteiger partial charge in [0.15, 0.2) is 11.9 Å². The molecule has 1 heterocycles. The number of primary amides is 2. The Hall–Kier alpha value is -9.90. The van der Waals surface area contributed by atoms with Crippen molar-refractivity contribution in [3.05, 3.63) is 106 Å². The minimum absolute atomic E-state index is 0.00868. The van der Waals surface area contributed by atoms with E-state index in [0.29, 0.717) is 35.5 Å². The van der Waals surface area contributed by atoms with Gasteiger partial charge in [-0.25, -0.2) is 0 Å². The lowest BCUT2D eigenvalue weighted by Crippen LogP contribution is -2.61. The summed E-state index contributed by atoms with van der Waals surface area (Å²) >= 11 is 0. The van der Waals surface area contributed by atoms with Crippen LogP contribution in [0.3, 0.4) is 0 Å². The van der Waals surface area contributed by atoms with Crippen LogP contribution in [0, 0.1) is 16.0 Å². The molecular formula is C58H83N17O13. The van der Waals surface area contributed by atoms with Crippen LogP contribution in [0.25, 0.3) is 0 Å². The van der Waals surface area contributed by atoms with E-state index in [1.54, 1.807) is 75.4 Å². The van der Waals surface area contributed by atoms with Crippen LogP contribution < -0.4 is 76.4 Å². The zero-order chi connectivity index (χ0) is 65.0. The summed E-state index contributed by atoms with van der Waals surface area (Å²) < 4.78 is 5.57. The van der Waals surface area contributed by atoms with Gasteiger partial charge in [-0.05, 0) is 86.6 Å². The predicted molar refractivity (Wildman–Crippen MR) is 324 cm³/mol. The van der Waals surface area contributed by atoms with Crippen molar-refractivity contribution in [3.63, 3.8) is 0 Å². The number of likely N-dealkylation sites (tertiary alicyclic amines) is 1. The average molecular weight is 1230 g/mol. The fourth-order valence-electron chi connectivity index (χ4n) is 9.51. The third kappa shape index (κ3) is 23.5. The molecule has 1 aliphatic rings. The first-order valence-corrected chi connectivity index (χ1v) is 28.9. The standard InChI is InChI=1S/C58H83N17O13/c1-5-39(56(85)74-28-12-17-45(74)54(83)70-41(16-11-27-66-58(63)64)50(79)69-40(49(60)78)15-10-26-65-57(61)62)68-52(81)44(32-46(59)76)72-55(84)48(33(3)4)73-53(82)43(29-34-13-8-7-9-14-34)71-51(80)42(30-35-20-24-38(25-21-35)88-6-2)67-47(77)31-36-18-22-37(23-19-36)75(86)87/h7-9,13-14,18-25,33,39-45,48H,5-6,10-12,15-17,26-32H2,1-4H3,(H2,59,76)(H2,60,78)(H,67,77)(H,68,81)(H,69,79)(H,70,83)(H,71,80)(H,72,84)(H,73,82)(H4,61,62,65)(H4,63,64,66)/t39-,40-,41-,42+,43-,44-,45-,48-/m0/s1. The van der Waals surface area contributed by atoms with Gasteiger partial charge in [-0.3, -0.25) is 68.0 Å². The molecule has 0 unspecified atom stereocenters. The molecule has 0 radical (unpaired) electrons. The number of rotatable bonds is 36. The van der Waals surface area contributed by atoms with Gasteiger partial charge in [0.2, 0.25) is 59.1 Å². The van der Waals surface area contributed by atoms with E-state index in [-0.39, 0.29) is 95.0 Å². The normalized spacial score (nSPS) is 15.0. The summed E-state index contributed by atoms with van der Waals surface area (Å²) in [6.07, 6.45) is -0.178. The van der Waals surface area contributed by atoms with Crippen LogP contribution >= 0.6 is 0 Å². The van der Waals surface area contributed by atoms with Crippen molar-refractivity contribution in [1.82, 2.24) is 42.1 Å². The number of nitro groups is 1. The largest absolute Gasteiger partial charge is 0.494 e. The van der Waals surface area contributed by atoms with Gasteiger partial charge in [-0.15, -0.1) is 0 Å². The van der Waals surface area contributed by atoms with E-state index >= 15 is 0 Å². The van der Waals surface area contributed by atoms with Crippen LogP contribution in [0.5, 0.6) is 5.75 Å². The maximum Gasteiger partial charge on any atom is 0.269 e. The summed E-state index contributed by atoms with van der Waals surface area (Å²) in [6, 6.07) is 10.1. The van der Waals surface area contributed by atoms with Gasteiger partial charge in [0, 0.05) is 44.6 Å². The molecule has 1 saturated heterocycles. The first kappa shape index (κ1) is 70.6. The van der Waals surface area contributed by atoms with Gasteiger partial charge in [0.1, 0.15) is 54.1 Å². The molecule has 478 valence electrons. The van der Waals surface area contributed by atoms with Crippen LogP contribution in [-0.2, 0) is 67.2 Å². The molecule has 1 fully saturated rings. The number of carbonyl (C=O) groups excluding carboxylic acids is 10. The molecule has 10 amide bonds. The van der Waals surface area contributed by atoms with Crippen LogP contribution in [0.4, 0.5) is 5.69 Å². The van der Waals surface area contributed by atoms with Crippen molar-refractivity contribution in [3.8, 4) is 5.75 Å². The Labute approximate surface area is 509 Å². The van der Waals surface area contributed by atoms with E-state index in [4.69, 9.17) is 39.1 Å². The number of benzene rings is 3. The third-order valence-electron chi connectivity index (χ3n) is 14.1. The number of ether oxygens (including phenoxy) is 1.